The molecule has 0 bridgehead atoms. The Balaban J connectivity index is 1.38. The summed E-state index contributed by atoms with van der Waals surface area (Å²) in [5.74, 6) is 0.183. The Kier molecular flexibility index (Phi) is 6.31. The van der Waals surface area contributed by atoms with Gasteiger partial charge in [0, 0.05) is 10.3 Å². The zero-order chi connectivity index (χ0) is 23.8. The number of amides is 1. The molecule has 4 aromatic rings. The lowest BCUT2D eigenvalue weighted by Crippen LogP contribution is -2.17. The second-order valence-corrected chi connectivity index (χ2v) is 10.7. The van der Waals surface area contributed by atoms with Crippen molar-refractivity contribution in [2.24, 2.45) is 5.92 Å². The number of aromatic nitrogens is 3. The number of fused-ring (bicyclic) bond motifs is 4. The van der Waals surface area contributed by atoms with Crippen LogP contribution in [0.1, 0.15) is 46.6 Å². The second kappa shape index (κ2) is 9.38. The van der Waals surface area contributed by atoms with Gasteiger partial charge < -0.3 is 10.1 Å². The average molecular weight is 495 g/mol. The Morgan fingerprint density at radius 2 is 2.12 bits per heavy atom. The van der Waals surface area contributed by atoms with E-state index in [9.17, 15) is 9.59 Å². The highest BCUT2D eigenvalue weighted by Gasteiger charge is 2.29. The third-order valence-corrected chi connectivity index (χ3v) is 8.25. The summed E-state index contributed by atoms with van der Waals surface area (Å²) in [6, 6.07) is 10.1. The molecule has 1 N–H and O–H groups in total. The monoisotopic (exact) mass is 494 g/mol. The van der Waals surface area contributed by atoms with E-state index in [2.05, 4.69) is 35.4 Å². The van der Waals surface area contributed by atoms with E-state index in [4.69, 9.17) is 4.74 Å². The van der Waals surface area contributed by atoms with Crippen LogP contribution in [-0.2, 0) is 22.4 Å². The SMILES string of the molecule is CCOC(=O)c1c(NC(=O)CSc2nnc3cc(C)c4ccccc4n23)sc2c1CCC(C)C2. The third-order valence-electron chi connectivity index (χ3n) is 6.15. The summed E-state index contributed by atoms with van der Waals surface area (Å²) in [5.41, 5.74) is 4.46. The minimum atomic E-state index is -0.359. The fraction of sp³-hybridized carbons (Fsp3) is 0.360. The van der Waals surface area contributed by atoms with Crippen molar-refractivity contribution >= 4 is 56.5 Å². The van der Waals surface area contributed by atoms with Crippen molar-refractivity contribution in [1.82, 2.24) is 14.6 Å². The Morgan fingerprint density at radius 1 is 1.29 bits per heavy atom. The van der Waals surface area contributed by atoms with Gasteiger partial charge in [-0.2, -0.15) is 0 Å². The van der Waals surface area contributed by atoms with Crippen molar-refractivity contribution in [3.05, 3.63) is 51.9 Å². The molecule has 0 fully saturated rings. The van der Waals surface area contributed by atoms with Crippen LogP contribution in [0, 0.1) is 12.8 Å². The van der Waals surface area contributed by atoms with E-state index < -0.39 is 0 Å². The van der Waals surface area contributed by atoms with E-state index in [1.165, 1.54) is 28.0 Å². The Bertz CT molecular complexity index is 1410. The summed E-state index contributed by atoms with van der Waals surface area (Å²) in [6.07, 6.45) is 2.80. The maximum absolute atomic E-state index is 12.9. The predicted octanol–water partition coefficient (Wildman–Crippen LogP) is 5.28. The molecule has 3 heterocycles. The molecule has 5 rings (SSSR count). The number of esters is 1. The molecule has 1 unspecified atom stereocenters. The van der Waals surface area contributed by atoms with E-state index >= 15 is 0 Å². The van der Waals surface area contributed by atoms with E-state index in [0.717, 1.165) is 46.9 Å². The number of para-hydroxylation sites is 1. The van der Waals surface area contributed by atoms with E-state index in [1.807, 2.05) is 28.7 Å². The number of benzene rings is 1. The number of hydrogen-bond acceptors (Lipinski definition) is 7. The first-order chi connectivity index (χ1) is 16.5. The van der Waals surface area contributed by atoms with Crippen LogP contribution >= 0.6 is 23.1 Å². The van der Waals surface area contributed by atoms with Gasteiger partial charge in [0.1, 0.15) is 5.00 Å². The van der Waals surface area contributed by atoms with Gasteiger partial charge in [-0.05, 0) is 62.3 Å². The largest absolute Gasteiger partial charge is 0.462 e. The fourth-order valence-electron chi connectivity index (χ4n) is 4.52. The average Bonchev–Trinajstić information content (AvgIpc) is 3.38. The molecule has 1 aromatic carbocycles. The van der Waals surface area contributed by atoms with E-state index in [-0.39, 0.29) is 17.6 Å². The molecule has 1 atom stereocenters. The first-order valence-electron chi connectivity index (χ1n) is 11.4. The van der Waals surface area contributed by atoms with Gasteiger partial charge in [0.05, 0.1) is 23.4 Å². The number of ether oxygens (including phenoxy) is 1. The van der Waals surface area contributed by atoms with Crippen molar-refractivity contribution in [2.75, 3.05) is 17.7 Å². The van der Waals surface area contributed by atoms with Crippen LogP contribution in [0.3, 0.4) is 0 Å². The van der Waals surface area contributed by atoms with Crippen molar-refractivity contribution in [3.63, 3.8) is 0 Å². The molecule has 0 saturated heterocycles. The summed E-state index contributed by atoms with van der Waals surface area (Å²) >= 11 is 2.83. The standard InChI is InChI=1S/C25H26N4O3S2/c1-4-32-24(31)22-17-10-9-14(2)11-19(17)34-23(22)26-21(30)13-33-25-28-27-20-12-15(3)16-7-5-6-8-18(16)29(20)25/h5-8,12,14H,4,9-11,13H2,1-3H3,(H,26,30). The summed E-state index contributed by atoms with van der Waals surface area (Å²) < 4.78 is 7.29. The molecule has 1 aliphatic carbocycles. The molecule has 34 heavy (non-hydrogen) atoms. The maximum atomic E-state index is 12.9. The van der Waals surface area contributed by atoms with Gasteiger partial charge >= 0.3 is 5.97 Å². The van der Waals surface area contributed by atoms with Crippen molar-refractivity contribution in [2.45, 2.75) is 45.2 Å². The summed E-state index contributed by atoms with van der Waals surface area (Å²) in [6.45, 7) is 6.37. The maximum Gasteiger partial charge on any atom is 0.341 e. The van der Waals surface area contributed by atoms with Gasteiger partial charge in [0.15, 0.2) is 10.8 Å². The number of thioether (sulfide) groups is 1. The molecular formula is C25H26N4O3S2. The molecule has 7 nitrogen and oxygen atoms in total. The minimum absolute atomic E-state index is 0.157. The number of pyridine rings is 1. The fourth-order valence-corrected chi connectivity index (χ4v) is 6.69. The number of carbonyl (C=O) groups excluding carboxylic acids is 2. The van der Waals surface area contributed by atoms with Crippen molar-refractivity contribution in [3.8, 4) is 0 Å². The highest BCUT2D eigenvalue weighted by molar-refractivity contribution is 7.99. The number of anilines is 1. The van der Waals surface area contributed by atoms with Gasteiger partial charge in [-0.25, -0.2) is 4.79 Å². The number of thiophene rings is 1. The summed E-state index contributed by atoms with van der Waals surface area (Å²) in [5, 5.41) is 14.0. The molecule has 0 aliphatic heterocycles. The van der Waals surface area contributed by atoms with Crippen LogP contribution in [0.2, 0.25) is 0 Å². The van der Waals surface area contributed by atoms with Crippen LogP contribution in [0.5, 0.6) is 0 Å². The summed E-state index contributed by atoms with van der Waals surface area (Å²) in [4.78, 5) is 26.8. The van der Waals surface area contributed by atoms with Crippen molar-refractivity contribution in [1.29, 1.82) is 0 Å². The lowest BCUT2D eigenvalue weighted by Gasteiger charge is -2.18. The molecule has 176 valence electrons. The van der Waals surface area contributed by atoms with E-state index in [0.29, 0.717) is 28.2 Å². The minimum Gasteiger partial charge on any atom is -0.462 e. The highest BCUT2D eigenvalue weighted by Crippen LogP contribution is 2.40. The topological polar surface area (TPSA) is 85.6 Å². The molecule has 3 aromatic heterocycles. The molecular weight excluding hydrogens is 468 g/mol. The normalized spacial score (nSPS) is 15.4. The number of aryl methyl sites for hydroxylation is 1. The molecule has 9 heteroatoms. The van der Waals surface area contributed by atoms with Crippen molar-refractivity contribution < 1.29 is 14.3 Å². The quantitative estimate of drug-likeness (QED) is 0.290. The Morgan fingerprint density at radius 3 is 2.94 bits per heavy atom. The zero-order valence-corrected chi connectivity index (χ0v) is 21.0. The number of carbonyl (C=O) groups is 2. The van der Waals surface area contributed by atoms with Gasteiger partial charge in [0.25, 0.3) is 0 Å². The molecule has 1 aliphatic rings. The molecule has 0 saturated carbocycles. The second-order valence-electron chi connectivity index (χ2n) is 8.63. The van der Waals surface area contributed by atoms with Crippen LogP contribution in [0.15, 0.2) is 35.5 Å². The number of nitrogens with one attached hydrogen (secondary N) is 1. The highest BCUT2D eigenvalue weighted by atomic mass is 32.2. The van der Waals surface area contributed by atoms with Gasteiger partial charge in [-0.3, -0.25) is 9.20 Å². The smallest absolute Gasteiger partial charge is 0.341 e. The Hall–Kier alpha value is -2.91. The first kappa shape index (κ1) is 22.9. The molecule has 0 spiro atoms. The number of hydrogen-bond donors (Lipinski definition) is 1. The predicted molar refractivity (Wildman–Crippen MR) is 136 cm³/mol. The van der Waals surface area contributed by atoms with Crippen LogP contribution in [0.25, 0.3) is 16.6 Å². The lowest BCUT2D eigenvalue weighted by atomic mass is 9.88. The van der Waals surface area contributed by atoms with Gasteiger partial charge in [-0.1, -0.05) is 36.9 Å². The molecule has 1 amide bonds. The third kappa shape index (κ3) is 4.18. The number of nitrogens with zero attached hydrogens (tertiary/aromatic N) is 3. The van der Waals surface area contributed by atoms with Crippen LogP contribution < -0.4 is 5.32 Å². The van der Waals surface area contributed by atoms with E-state index in [1.54, 1.807) is 6.92 Å². The van der Waals surface area contributed by atoms with Gasteiger partial charge in [0.2, 0.25) is 5.91 Å². The number of rotatable bonds is 6. The van der Waals surface area contributed by atoms with Crippen LogP contribution in [0.4, 0.5) is 5.00 Å². The lowest BCUT2D eigenvalue weighted by molar-refractivity contribution is -0.113. The van der Waals surface area contributed by atoms with Crippen LogP contribution in [-0.4, -0.2) is 38.8 Å². The summed E-state index contributed by atoms with van der Waals surface area (Å²) in [7, 11) is 0. The van der Waals surface area contributed by atoms with Gasteiger partial charge in [-0.15, -0.1) is 21.5 Å². The Labute approximate surface area is 205 Å². The molecule has 0 radical (unpaired) electrons. The zero-order valence-electron chi connectivity index (χ0n) is 19.4. The first-order valence-corrected chi connectivity index (χ1v) is 13.2.